The molecule has 1 heterocycles. The highest BCUT2D eigenvalue weighted by atomic mass is 16.5. The Balaban J connectivity index is 2.18. The van der Waals surface area contributed by atoms with E-state index in [4.69, 9.17) is 4.74 Å². The van der Waals surface area contributed by atoms with E-state index in [0.717, 1.165) is 18.0 Å². The van der Waals surface area contributed by atoms with Crippen LogP contribution in [-0.4, -0.2) is 24.2 Å². The summed E-state index contributed by atoms with van der Waals surface area (Å²) in [4.78, 5) is 4.18. The number of rotatable bonds is 6. The minimum Gasteiger partial charge on any atom is -0.491 e. The van der Waals surface area contributed by atoms with Gasteiger partial charge in [0.25, 0.3) is 0 Å². The van der Waals surface area contributed by atoms with Gasteiger partial charge in [-0.3, -0.25) is 4.98 Å². The summed E-state index contributed by atoms with van der Waals surface area (Å²) < 4.78 is 5.57. The van der Waals surface area contributed by atoms with Crippen molar-refractivity contribution in [2.45, 2.75) is 33.7 Å². The molecule has 1 aromatic heterocycles. The lowest BCUT2D eigenvalue weighted by molar-refractivity contribution is 0.296. The minimum atomic E-state index is 0.528. The summed E-state index contributed by atoms with van der Waals surface area (Å²) in [7, 11) is 0. The van der Waals surface area contributed by atoms with Crippen molar-refractivity contribution in [3.05, 3.63) is 24.0 Å². The van der Waals surface area contributed by atoms with Crippen LogP contribution in [0.4, 0.5) is 0 Å². The quantitative estimate of drug-likeness (QED) is 0.750. The monoisotopic (exact) mass is 222 g/mol. The van der Waals surface area contributed by atoms with E-state index in [0.29, 0.717) is 18.6 Å². The van der Waals surface area contributed by atoms with Crippen molar-refractivity contribution >= 4 is 0 Å². The number of hydrogen-bond acceptors (Lipinski definition) is 3. The van der Waals surface area contributed by atoms with Gasteiger partial charge in [-0.05, 0) is 31.9 Å². The van der Waals surface area contributed by atoms with Crippen LogP contribution >= 0.6 is 0 Å². The maximum absolute atomic E-state index is 5.57. The van der Waals surface area contributed by atoms with E-state index in [-0.39, 0.29) is 0 Å². The fourth-order valence-corrected chi connectivity index (χ4v) is 1.23. The lowest BCUT2D eigenvalue weighted by atomic mass is 10.1. The molecule has 0 aliphatic rings. The largest absolute Gasteiger partial charge is 0.491 e. The minimum absolute atomic E-state index is 0.528. The maximum Gasteiger partial charge on any atom is 0.137 e. The zero-order chi connectivity index (χ0) is 12.0. The van der Waals surface area contributed by atoms with Crippen molar-refractivity contribution < 1.29 is 4.74 Å². The van der Waals surface area contributed by atoms with Crippen LogP contribution in [-0.2, 0) is 0 Å². The average molecular weight is 222 g/mol. The van der Waals surface area contributed by atoms with Crippen LogP contribution in [0.2, 0.25) is 0 Å². The first kappa shape index (κ1) is 13.0. The molecule has 0 aliphatic heterocycles. The summed E-state index contributed by atoms with van der Waals surface area (Å²) >= 11 is 0. The molecule has 1 N–H and O–H groups in total. The summed E-state index contributed by atoms with van der Waals surface area (Å²) in [5.41, 5.74) is 1.01. The van der Waals surface area contributed by atoms with Gasteiger partial charge in [-0.15, -0.1) is 0 Å². The van der Waals surface area contributed by atoms with Gasteiger partial charge < -0.3 is 10.1 Å². The molecule has 0 spiro atoms. The Hall–Kier alpha value is -1.09. The molecule has 0 fully saturated rings. The zero-order valence-corrected chi connectivity index (χ0v) is 10.7. The molecule has 1 aromatic rings. The molecule has 1 rings (SSSR count). The maximum atomic E-state index is 5.57. The van der Waals surface area contributed by atoms with Crippen LogP contribution in [0.1, 0.15) is 26.5 Å². The molecule has 0 aliphatic carbocycles. The van der Waals surface area contributed by atoms with Crippen molar-refractivity contribution in [3.8, 4) is 5.75 Å². The Morgan fingerprint density at radius 3 is 2.62 bits per heavy atom. The molecule has 0 saturated heterocycles. The van der Waals surface area contributed by atoms with E-state index in [1.54, 1.807) is 6.20 Å². The van der Waals surface area contributed by atoms with E-state index >= 15 is 0 Å². The first-order chi connectivity index (χ1) is 7.59. The van der Waals surface area contributed by atoms with Crippen LogP contribution in [0.15, 0.2) is 18.3 Å². The average Bonchev–Trinajstić information content (AvgIpc) is 2.26. The molecule has 3 heteroatoms. The molecule has 90 valence electrons. The Labute approximate surface area is 98.2 Å². The Kier molecular flexibility index (Phi) is 5.26. The summed E-state index contributed by atoms with van der Waals surface area (Å²) in [5.74, 6) is 1.49. The van der Waals surface area contributed by atoms with Gasteiger partial charge in [0.2, 0.25) is 0 Å². The first-order valence-corrected chi connectivity index (χ1v) is 5.88. The Morgan fingerprint density at radius 1 is 1.31 bits per heavy atom. The van der Waals surface area contributed by atoms with Crippen LogP contribution < -0.4 is 10.1 Å². The van der Waals surface area contributed by atoms with E-state index in [1.807, 2.05) is 19.1 Å². The highest BCUT2D eigenvalue weighted by molar-refractivity contribution is 5.18. The molecular formula is C13H22N2O. The highest BCUT2D eigenvalue weighted by Crippen LogP contribution is 2.07. The molecular weight excluding hydrogens is 200 g/mol. The van der Waals surface area contributed by atoms with Gasteiger partial charge >= 0.3 is 0 Å². The van der Waals surface area contributed by atoms with Gasteiger partial charge in [0.15, 0.2) is 0 Å². The third kappa shape index (κ3) is 4.62. The summed E-state index contributed by atoms with van der Waals surface area (Å²) in [6, 6.07) is 4.44. The van der Waals surface area contributed by atoms with Crippen molar-refractivity contribution in [1.29, 1.82) is 0 Å². The second kappa shape index (κ2) is 6.48. The molecule has 0 bridgehead atoms. The molecule has 1 atom stereocenters. The number of nitrogens with zero attached hydrogens (tertiary/aromatic N) is 1. The fourth-order valence-electron chi connectivity index (χ4n) is 1.23. The van der Waals surface area contributed by atoms with Crippen molar-refractivity contribution in [1.82, 2.24) is 10.3 Å². The molecule has 0 amide bonds. The second-order valence-electron chi connectivity index (χ2n) is 4.47. The smallest absolute Gasteiger partial charge is 0.137 e. The lowest BCUT2D eigenvalue weighted by Gasteiger charge is -2.17. The fraction of sp³-hybridized carbons (Fsp3) is 0.615. The SMILES string of the molecule is Cc1ccc(OCCNC(C)C(C)C)cn1. The van der Waals surface area contributed by atoms with Crippen molar-refractivity contribution in [3.63, 3.8) is 0 Å². The van der Waals surface area contributed by atoms with Gasteiger partial charge in [-0.25, -0.2) is 0 Å². The van der Waals surface area contributed by atoms with E-state index in [1.165, 1.54) is 0 Å². The number of hydrogen-bond donors (Lipinski definition) is 1. The second-order valence-corrected chi connectivity index (χ2v) is 4.47. The predicted octanol–water partition coefficient (Wildman–Crippen LogP) is 2.40. The summed E-state index contributed by atoms with van der Waals surface area (Å²) in [5, 5.41) is 3.42. The summed E-state index contributed by atoms with van der Waals surface area (Å²) in [6.45, 7) is 10.1. The molecule has 16 heavy (non-hydrogen) atoms. The number of ether oxygens (including phenoxy) is 1. The molecule has 3 nitrogen and oxygen atoms in total. The van der Waals surface area contributed by atoms with Gasteiger partial charge in [-0.1, -0.05) is 13.8 Å². The van der Waals surface area contributed by atoms with Crippen LogP contribution in [0.3, 0.4) is 0 Å². The Bertz CT molecular complexity index is 295. The molecule has 0 aromatic carbocycles. The third-order valence-corrected chi connectivity index (χ3v) is 2.72. The van der Waals surface area contributed by atoms with Gasteiger partial charge in [0, 0.05) is 18.3 Å². The molecule has 1 unspecified atom stereocenters. The number of aryl methyl sites for hydroxylation is 1. The normalized spacial score (nSPS) is 12.8. The topological polar surface area (TPSA) is 34.1 Å². The van der Waals surface area contributed by atoms with Crippen molar-refractivity contribution in [2.75, 3.05) is 13.2 Å². The predicted molar refractivity (Wildman–Crippen MR) is 66.8 cm³/mol. The first-order valence-electron chi connectivity index (χ1n) is 5.88. The van der Waals surface area contributed by atoms with Crippen LogP contribution in [0.25, 0.3) is 0 Å². The highest BCUT2D eigenvalue weighted by Gasteiger charge is 2.04. The lowest BCUT2D eigenvalue weighted by Crippen LogP contribution is -2.33. The van der Waals surface area contributed by atoms with E-state index < -0.39 is 0 Å². The number of aromatic nitrogens is 1. The van der Waals surface area contributed by atoms with Gasteiger partial charge in [0.05, 0.1) is 6.20 Å². The summed E-state index contributed by atoms with van der Waals surface area (Å²) in [6.07, 6.45) is 1.77. The van der Waals surface area contributed by atoms with Gasteiger partial charge in [-0.2, -0.15) is 0 Å². The Morgan fingerprint density at radius 2 is 2.06 bits per heavy atom. The van der Waals surface area contributed by atoms with Crippen LogP contribution in [0.5, 0.6) is 5.75 Å². The van der Waals surface area contributed by atoms with E-state index in [9.17, 15) is 0 Å². The third-order valence-electron chi connectivity index (χ3n) is 2.72. The number of nitrogens with one attached hydrogen (secondary N) is 1. The van der Waals surface area contributed by atoms with Crippen molar-refractivity contribution in [2.24, 2.45) is 5.92 Å². The zero-order valence-electron chi connectivity index (χ0n) is 10.7. The van der Waals surface area contributed by atoms with Crippen LogP contribution in [0, 0.1) is 12.8 Å². The molecule has 0 saturated carbocycles. The number of pyridine rings is 1. The van der Waals surface area contributed by atoms with E-state index in [2.05, 4.69) is 31.1 Å². The standard InChI is InChI=1S/C13H22N2O/c1-10(2)12(4)14-7-8-16-13-6-5-11(3)15-9-13/h5-6,9-10,12,14H,7-8H2,1-4H3. The van der Waals surface area contributed by atoms with Gasteiger partial charge in [0.1, 0.15) is 12.4 Å². The molecule has 0 radical (unpaired) electrons.